The fourth-order valence-corrected chi connectivity index (χ4v) is 2.08. The average molecular weight is 313 g/mol. The SMILES string of the molecule is CCC(C)NC(=O)c1ccc(NCc2ccccc2OC)cn1. The standard InChI is InChI=1S/C18H23N3O2/c1-4-13(2)21-18(22)16-10-9-15(12-20-16)19-11-14-7-5-6-8-17(14)23-3/h5-10,12-13,19H,4,11H2,1-3H3,(H,21,22). The number of methoxy groups -OCH3 is 1. The van der Waals surface area contributed by atoms with E-state index in [2.05, 4.69) is 15.6 Å². The van der Waals surface area contributed by atoms with Gasteiger partial charge < -0.3 is 15.4 Å². The van der Waals surface area contributed by atoms with Gasteiger partial charge in [-0.25, -0.2) is 4.98 Å². The fourth-order valence-electron chi connectivity index (χ4n) is 2.08. The van der Waals surface area contributed by atoms with Crippen LogP contribution in [0.4, 0.5) is 5.69 Å². The normalized spacial score (nSPS) is 11.6. The molecule has 23 heavy (non-hydrogen) atoms. The molecule has 1 atom stereocenters. The summed E-state index contributed by atoms with van der Waals surface area (Å²) in [5.74, 6) is 0.702. The van der Waals surface area contributed by atoms with Gasteiger partial charge in [0.05, 0.1) is 19.0 Å². The van der Waals surface area contributed by atoms with Gasteiger partial charge in [0.15, 0.2) is 0 Å². The Bertz CT molecular complexity index is 641. The van der Waals surface area contributed by atoms with Gasteiger partial charge in [-0.1, -0.05) is 25.1 Å². The molecule has 122 valence electrons. The number of rotatable bonds is 7. The summed E-state index contributed by atoms with van der Waals surface area (Å²) in [4.78, 5) is 16.2. The molecule has 2 aromatic rings. The Hall–Kier alpha value is -2.56. The van der Waals surface area contributed by atoms with Gasteiger partial charge in [-0.05, 0) is 31.5 Å². The summed E-state index contributed by atoms with van der Waals surface area (Å²) < 4.78 is 5.32. The molecule has 5 nitrogen and oxygen atoms in total. The highest BCUT2D eigenvalue weighted by Gasteiger charge is 2.09. The zero-order chi connectivity index (χ0) is 16.7. The molecule has 0 saturated carbocycles. The number of anilines is 1. The van der Waals surface area contributed by atoms with Gasteiger partial charge in [-0.15, -0.1) is 0 Å². The quantitative estimate of drug-likeness (QED) is 0.824. The molecule has 2 N–H and O–H groups in total. The second-order valence-corrected chi connectivity index (χ2v) is 5.38. The number of hydrogen-bond acceptors (Lipinski definition) is 4. The maximum Gasteiger partial charge on any atom is 0.270 e. The first-order valence-electron chi connectivity index (χ1n) is 7.76. The van der Waals surface area contributed by atoms with Crippen molar-refractivity contribution < 1.29 is 9.53 Å². The summed E-state index contributed by atoms with van der Waals surface area (Å²) in [6.45, 7) is 4.63. The second kappa shape index (κ2) is 8.17. The van der Waals surface area contributed by atoms with Crippen LogP contribution in [0.5, 0.6) is 5.75 Å². The molecule has 1 aromatic carbocycles. The van der Waals surface area contributed by atoms with Gasteiger partial charge in [-0.2, -0.15) is 0 Å². The lowest BCUT2D eigenvalue weighted by Gasteiger charge is -2.12. The topological polar surface area (TPSA) is 63.2 Å². The van der Waals surface area contributed by atoms with E-state index in [-0.39, 0.29) is 11.9 Å². The summed E-state index contributed by atoms with van der Waals surface area (Å²) in [6.07, 6.45) is 2.56. The molecule has 0 saturated heterocycles. The largest absolute Gasteiger partial charge is 0.496 e. The van der Waals surface area contributed by atoms with Gasteiger partial charge in [0.25, 0.3) is 5.91 Å². The van der Waals surface area contributed by atoms with E-state index in [9.17, 15) is 4.79 Å². The van der Waals surface area contributed by atoms with Gasteiger partial charge in [0.2, 0.25) is 0 Å². The Balaban J connectivity index is 1.96. The maximum atomic E-state index is 12.0. The second-order valence-electron chi connectivity index (χ2n) is 5.38. The van der Waals surface area contributed by atoms with E-state index in [1.54, 1.807) is 19.4 Å². The van der Waals surface area contributed by atoms with Crippen LogP contribution < -0.4 is 15.4 Å². The molecule has 0 aliphatic heterocycles. The third-order valence-electron chi connectivity index (χ3n) is 3.66. The predicted octanol–water partition coefficient (Wildman–Crippen LogP) is 3.23. The number of aromatic nitrogens is 1. The fraction of sp³-hybridized carbons (Fsp3) is 0.333. The lowest BCUT2D eigenvalue weighted by Crippen LogP contribution is -2.32. The first-order chi connectivity index (χ1) is 11.1. The molecule has 1 amide bonds. The Morgan fingerprint density at radius 3 is 2.70 bits per heavy atom. The van der Waals surface area contributed by atoms with E-state index in [1.165, 1.54) is 0 Å². The van der Waals surface area contributed by atoms with Crippen molar-refractivity contribution in [3.05, 3.63) is 53.9 Å². The number of pyridine rings is 1. The number of benzene rings is 1. The number of para-hydroxylation sites is 1. The van der Waals surface area contributed by atoms with Crippen LogP contribution in [0.2, 0.25) is 0 Å². The van der Waals surface area contributed by atoms with Crippen LogP contribution >= 0.6 is 0 Å². The van der Waals surface area contributed by atoms with Crippen molar-refractivity contribution in [2.45, 2.75) is 32.9 Å². The third-order valence-corrected chi connectivity index (χ3v) is 3.66. The zero-order valence-corrected chi connectivity index (χ0v) is 13.8. The third kappa shape index (κ3) is 4.71. The Morgan fingerprint density at radius 2 is 2.04 bits per heavy atom. The molecule has 0 fully saturated rings. The van der Waals surface area contributed by atoms with Crippen LogP contribution in [0.15, 0.2) is 42.6 Å². The molecule has 1 unspecified atom stereocenters. The number of nitrogens with one attached hydrogen (secondary N) is 2. The van der Waals surface area contributed by atoms with E-state index < -0.39 is 0 Å². The van der Waals surface area contributed by atoms with Crippen LogP contribution in [-0.2, 0) is 6.54 Å². The summed E-state index contributed by atoms with van der Waals surface area (Å²) in [5.41, 5.74) is 2.35. The first kappa shape index (κ1) is 16.8. The van der Waals surface area contributed by atoms with Crippen LogP contribution in [0.1, 0.15) is 36.3 Å². The molecule has 1 aromatic heterocycles. The van der Waals surface area contributed by atoms with E-state index in [4.69, 9.17) is 4.74 Å². The highest BCUT2D eigenvalue weighted by Crippen LogP contribution is 2.18. The molecule has 0 radical (unpaired) electrons. The Labute approximate surface area is 137 Å². The van der Waals surface area contributed by atoms with Gasteiger partial charge in [0.1, 0.15) is 11.4 Å². The number of nitrogens with zero attached hydrogens (tertiary/aromatic N) is 1. The highest BCUT2D eigenvalue weighted by molar-refractivity contribution is 5.92. The zero-order valence-electron chi connectivity index (χ0n) is 13.8. The molecule has 0 aliphatic rings. The van der Waals surface area contributed by atoms with Crippen LogP contribution in [0, 0.1) is 0 Å². The average Bonchev–Trinajstić information content (AvgIpc) is 2.60. The lowest BCUT2D eigenvalue weighted by atomic mass is 10.2. The van der Waals surface area contributed by atoms with Crippen molar-refractivity contribution in [2.24, 2.45) is 0 Å². The van der Waals surface area contributed by atoms with Crippen molar-refractivity contribution in [1.29, 1.82) is 0 Å². The number of carbonyl (C=O) groups is 1. The smallest absolute Gasteiger partial charge is 0.270 e. The minimum atomic E-state index is -0.143. The van der Waals surface area contributed by atoms with Gasteiger partial charge >= 0.3 is 0 Å². The molecule has 5 heteroatoms. The van der Waals surface area contributed by atoms with Gasteiger partial charge in [-0.3, -0.25) is 4.79 Å². The lowest BCUT2D eigenvalue weighted by molar-refractivity contribution is 0.0934. The molecule has 0 spiro atoms. The van der Waals surface area contributed by atoms with Crippen molar-refractivity contribution in [3.8, 4) is 5.75 Å². The first-order valence-corrected chi connectivity index (χ1v) is 7.76. The van der Waals surface area contributed by atoms with Crippen LogP contribution in [-0.4, -0.2) is 24.0 Å². The molecule has 2 rings (SSSR count). The number of amides is 1. The summed E-state index contributed by atoms with van der Waals surface area (Å²) in [5, 5.41) is 6.18. The van der Waals surface area contributed by atoms with E-state index in [0.29, 0.717) is 12.2 Å². The Morgan fingerprint density at radius 1 is 1.26 bits per heavy atom. The van der Waals surface area contributed by atoms with E-state index >= 15 is 0 Å². The molecule has 0 bridgehead atoms. The van der Waals surface area contributed by atoms with Crippen LogP contribution in [0.3, 0.4) is 0 Å². The number of carbonyl (C=O) groups excluding carboxylic acids is 1. The summed E-state index contributed by atoms with van der Waals surface area (Å²) in [6, 6.07) is 11.6. The van der Waals surface area contributed by atoms with Crippen molar-refractivity contribution in [3.63, 3.8) is 0 Å². The highest BCUT2D eigenvalue weighted by atomic mass is 16.5. The molecule has 1 heterocycles. The summed E-state index contributed by atoms with van der Waals surface area (Å²) >= 11 is 0. The monoisotopic (exact) mass is 313 g/mol. The van der Waals surface area contributed by atoms with Crippen molar-refractivity contribution in [1.82, 2.24) is 10.3 Å². The minimum absolute atomic E-state index is 0.143. The minimum Gasteiger partial charge on any atom is -0.496 e. The number of ether oxygens (including phenoxy) is 1. The Kier molecular flexibility index (Phi) is 5.97. The molecule has 0 aliphatic carbocycles. The molecular formula is C18H23N3O2. The van der Waals surface area contributed by atoms with Crippen molar-refractivity contribution in [2.75, 3.05) is 12.4 Å². The van der Waals surface area contributed by atoms with Crippen LogP contribution in [0.25, 0.3) is 0 Å². The summed E-state index contributed by atoms with van der Waals surface area (Å²) in [7, 11) is 1.66. The predicted molar refractivity (Wildman–Crippen MR) is 91.8 cm³/mol. The maximum absolute atomic E-state index is 12.0. The van der Waals surface area contributed by atoms with Crippen molar-refractivity contribution >= 4 is 11.6 Å². The number of hydrogen-bond donors (Lipinski definition) is 2. The van der Waals surface area contributed by atoms with E-state index in [1.807, 2.05) is 44.2 Å². The van der Waals surface area contributed by atoms with E-state index in [0.717, 1.165) is 23.4 Å². The molecular weight excluding hydrogens is 290 g/mol. The van der Waals surface area contributed by atoms with Gasteiger partial charge in [0, 0.05) is 18.2 Å².